The van der Waals surface area contributed by atoms with Gasteiger partial charge in [0.05, 0.1) is 5.41 Å². The Bertz CT molecular complexity index is 167. The van der Waals surface area contributed by atoms with Crippen LogP contribution in [-0.4, -0.2) is 11.1 Å². The van der Waals surface area contributed by atoms with Crippen molar-refractivity contribution < 1.29 is 9.90 Å². The van der Waals surface area contributed by atoms with Gasteiger partial charge in [-0.2, -0.15) is 0 Å². The van der Waals surface area contributed by atoms with Crippen LogP contribution in [-0.2, 0) is 4.79 Å². The van der Waals surface area contributed by atoms with Gasteiger partial charge in [0.25, 0.3) is 0 Å². The molecule has 72 valence electrons. The third kappa shape index (κ3) is 1.99. The standard InChI is InChI=1S/C10H20O2/c1-6-7-10(5,8(11)12)9(2,3)4/h6-7H2,1-5H3,(H,11,12). The third-order valence-electron chi connectivity index (χ3n) is 2.88. The van der Waals surface area contributed by atoms with Crippen LogP contribution in [0.1, 0.15) is 47.5 Å². The molecule has 0 heterocycles. The predicted octanol–water partition coefficient (Wildman–Crippen LogP) is 2.92. The van der Waals surface area contributed by atoms with Crippen LogP contribution in [0.3, 0.4) is 0 Å². The zero-order valence-corrected chi connectivity index (χ0v) is 8.77. The van der Waals surface area contributed by atoms with E-state index in [1.807, 2.05) is 34.6 Å². The van der Waals surface area contributed by atoms with Crippen LogP contribution in [0.25, 0.3) is 0 Å². The molecule has 0 spiro atoms. The quantitative estimate of drug-likeness (QED) is 0.710. The molecule has 12 heavy (non-hydrogen) atoms. The summed E-state index contributed by atoms with van der Waals surface area (Å²) in [4.78, 5) is 11.1. The predicted molar refractivity (Wildman–Crippen MR) is 50.1 cm³/mol. The average Bonchev–Trinajstić information content (AvgIpc) is 1.85. The second kappa shape index (κ2) is 3.46. The Morgan fingerprint density at radius 1 is 1.25 bits per heavy atom. The molecule has 0 aromatic rings. The van der Waals surface area contributed by atoms with E-state index in [9.17, 15) is 4.79 Å². The number of hydrogen-bond donors (Lipinski definition) is 1. The molecule has 0 aliphatic carbocycles. The molecule has 0 amide bonds. The minimum atomic E-state index is -0.683. The molecule has 0 aromatic carbocycles. The summed E-state index contributed by atoms with van der Waals surface area (Å²) >= 11 is 0. The van der Waals surface area contributed by atoms with Crippen molar-refractivity contribution in [2.24, 2.45) is 10.8 Å². The van der Waals surface area contributed by atoms with Gasteiger partial charge in [0.1, 0.15) is 0 Å². The fourth-order valence-electron chi connectivity index (χ4n) is 1.30. The normalized spacial score (nSPS) is 17.1. The van der Waals surface area contributed by atoms with Gasteiger partial charge in [0, 0.05) is 0 Å². The summed E-state index contributed by atoms with van der Waals surface area (Å²) in [7, 11) is 0. The molecule has 0 aliphatic heterocycles. The fraction of sp³-hybridized carbons (Fsp3) is 0.900. The molecule has 0 aromatic heterocycles. The van der Waals surface area contributed by atoms with Gasteiger partial charge in [-0.05, 0) is 18.8 Å². The molecule has 1 atom stereocenters. The second-order valence-corrected chi connectivity index (χ2v) is 4.64. The highest BCUT2D eigenvalue weighted by Crippen LogP contribution is 2.42. The van der Waals surface area contributed by atoms with Crippen LogP contribution in [0.2, 0.25) is 0 Å². The van der Waals surface area contributed by atoms with E-state index in [1.54, 1.807) is 0 Å². The molecule has 2 nitrogen and oxygen atoms in total. The van der Waals surface area contributed by atoms with E-state index in [2.05, 4.69) is 0 Å². The third-order valence-corrected chi connectivity index (χ3v) is 2.88. The highest BCUT2D eigenvalue weighted by molar-refractivity contribution is 5.75. The van der Waals surface area contributed by atoms with Crippen LogP contribution in [0, 0.1) is 10.8 Å². The maximum absolute atomic E-state index is 11.1. The molecule has 0 bridgehead atoms. The Labute approximate surface area is 75.0 Å². The molecular formula is C10H20O2. The number of aliphatic carboxylic acids is 1. The summed E-state index contributed by atoms with van der Waals surface area (Å²) in [5, 5.41) is 9.10. The molecule has 0 fully saturated rings. The topological polar surface area (TPSA) is 37.3 Å². The lowest BCUT2D eigenvalue weighted by Crippen LogP contribution is -2.40. The minimum Gasteiger partial charge on any atom is -0.481 e. The van der Waals surface area contributed by atoms with Crippen molar-refractivity contribution in [2.45, 2.75) is 47.5 Å². The molecule has 0 saturated carbocycles. The zero-order valence-electron chi connectivity index (χ0n) is 8.77. The summed E-state index contributed by atoms with van der Waals surface area (Å²) in [6, 6.07) is 0. The SMILES string of the molecule is CCCC(C)(C(=O)O)C(C)(C)C. The van der Waals surface area contributed by atoms with Crippen LogP contribution in [0.15, 0.2) is 0 Å². The van der Waals surface area contributed by atoms with Crippen molar-refractivity contribution in [3.8, 4) is 0 Å². The van der Waals surface area contributed by atoms with Crippen LogP contribution in [0.5, 0.6) is 0 Å². The van der Waals surface area contributed by atoms with Crippen molar-refractivity contribution in [3.05, 3.63) is 0 Å². The minimum absolute atomic E-state index is 0.172. The van der Waals surface area contributed by atoms with Gasteiger partial charge >= 0.3 is 5.97 Å². The monoisotopic (exact) mass is 172 g/mol. The maximum atomic E-state index is 11.1. The van der Waals surface area contributed by atoms with Crippen LogP contribution < -0.4 is 0 Å². The number of carbonyl (C=O) groups is 1. The lowest BCUT2D eigenvalue weighted by molar-refractivity contribution is -0.155. The van der Waals surface area contributed by atoms with Gasteiger partial charge < -0.3 is 5.11 Å². The summed E-state index contributed by atoms with van der Waals surface area (Å²) < 4.78 is 0. The molecule has 0 saturated heterocycles. The fourth-order valence-corrected chi connectivity index (χ4v) is 1.30. The average molecular weight is 172 g/mol. The van der Waals surface area contributed by atoms with E-state index >= 15 is 0 Å². The molecular weight excluding hydrogens is 152 g/mol. The van der Waals surface area contributed by atoms with E-state index < -0.39 is 11.4 Å². The van der Waals surface area contributed by atoms with E-state index in [4.69, 9.17) is 5.11 Å². The van der Waals surface area contributed by atoms with Crippen LogP contribution >= 0.6 is 0 Å². The van der Waals surface area contributed by atoms with E-state index in [0.717, 1.165) is 12.8 Å². The Morgan fingerprint density at radius 3 is 1.75 bits per heavy atom. The lowest BCUT2D eigenvalue weighted by Gasteiger charge is -2.37. The molecule has 2 heteroatoms. The Balaban J connectivity index is 4.75. The smallest absolute Gasteiger partial charge is 0.309 e. The Morgan fingerprint density at radius 2 is 1.67 bits per heavy atom. The van der Waals surface area contributed by atoms with Gasteiger partial charge in [-0.25, -0.2) is 0 Å². The first-order chi connectivity index (χ1) is 5.25. The summed E-state index contributed by atoms with van der Waals surface area (Å²) in [5.41, 5.74) is -0.767. The summed E-state index contributed by atoms with van der Waals surface area (Å²) in [6.45, 7) is 9.80. The van der Waals surface area contributed by atoms with Gasteiger partial charge in [0.15, 0.2) is 0 Å². The van der Waals surface area contributed by atoms with Gasteiger partial charge in [-0.3, -0.25) is 4.79 Å². The van der Waals surface area contributed by atoms with Gasteiger partial charge in [-0.15, -0.1) is 0 Å². The number of carboxylic acid groups (broad SMARTS) is 1. The molecule has 1 unspecified atom stereocenters. The highest BCUT2D eigenvalue weighted by atomic mass is 16.4. The molecule has 0 aliphatic rings. The van der Waals surface area contributed by atoms with Gasteiger partial charge in [-0.1, -0.05) is 34.1 Å². The molecule has 0 radical (unpaired) electrons. The Hall–Kier alpha value is -0.530. The van der Waals surface area contributed by atoms with Gasteiger partial charge in [0.2, 0.25) is 0 Å². The van der Waals surface area contributed by atoms with E-state index in [-0.39, 0.29) is 5.41 Å². The first-order valence-electron chi connectivity index (χ1n) is 4.49. The van der Waals surface area contributed by atoms with Crippen molar-refractivity contribution in [2.75, 3.05) is 0 Å². The first kappa shape index (κ1) is 11.5. The van der Waals surface area contributed by atoms with Crippen LogP contribution in [0.4, 0.5) is 0 Å². The van der Waals surface area contributed by atoms with Crippen molar-refractivity contribution in [3.63, 3.8) is 0 Å². The van der Waals surface area contributed by atoms with Crippen molar-refractivity contribution in [1.82, 2.24) is 0 Å². The number of hydrogen-bond acceptors (Lipinski definition) is 1. The van der Waals surface area contributed by atoms with Crippen molar-refractivity contribution >= 4 is 5.97 Å². The zero-order chi connectivity index (χ0) is 9.99. The first-order valence-corrected chi connectivity index (χ1v) is 4.49. The number of carboxylic acids is 1. The molecule has 0 rings (SSSR count). The maximum Gasteiger partial charge on any atom is 0.309 e. The largest absolute Gasteiger partial charge is 0.481 e. The number of rotatable bonds is 3. The lowest BCUT2D eigenvalue weighted by atomic mass is 9.65. The van der Waals surface area contributed by atoms with E-state index in [0.29, 0.717) is 0 Å². The Kier molecular flexibility index (Phi) is 3.31. The highest BCUT2D eigenvalue weighted by Gasteiger charge is 2.43. The van der Waals surface area contributed by atoms with E-state index in [1.165, 1.54) is 0 Å². The van der Waals surface area contributed by atoms with Crippen molar-refractivity contribution in [1.29, 1.82) is 0 Å². The molecule has 1 N–H and O–H groups in total. The summed E-state index contributed by atoms with van der Waals surface area (Å²) in [6.07, 6.45) is 1.66. The second-order valence-electron chi connectivity index (χ2n) is 4.64. The summed E-state index contributed by atoms with van der Waals surface area (Å²) in [5.74, 6) is -0.683.